The first-order valence-corrected chi connectivity index (χ1v) is 9.92. The number of rotatable bonds is 9. The number of urea groups is 1. The molecule has 1 unspecified atom stereocenters. The zero-order valence-corrected chi connectivity index (χ0v) is 16.3. The van der Waals surface area contributed by atoms with Crippen LogP contribution in [-0.2, 0) is 5.75 Å². The van der Waals surface area contributed by atoms with E-state index >= 15 is 0 Å². The summed E-state index contributed by atoms with van der Waals surface area (Å²) >= 11 is 1.66. The van der Waals surface area contributed by atoms with Gasteiger partial charge >= 0.3 is 6.03 Å². The van der Waals surface area contributed by atoms with Crippen molar-refractivity contribution < 1.29 is 4.79 Å². The molecule has 1 aromatic carbocycles. The zero-order valence-electron chi connectivity index (χ0n) is 15.5. The molecule has 26 heavy (non-hydrogen) atoms. The molecule has 6 heteroatoms. The molecule has 0 radical (unpaired) electrons. The molecular formula is C20H26N4OS. The number of amides is 2. The Kier molecular flexibility index (Phi) is 10.6. The average molecular weight is 371 g/mol. The van der Waals surface area contributed by atoms with Gasteiger partial charge in [-0.15, -0.1) is 0 Å². The Labute approximate surface area is 160 Å². The predicted octanol–water partition coefficient (Wildman–Crippen LogP) is 4.54. The van der Waals surface area contributed by atoms with Crippen LogP contribution >= 0.6 is 11.8 Å². The van der Waals surface area contributed by atoms with Gasteiger partial charge in [-0.2, -0.15) is 17.0 Å². The Morgan fingerprint density at radius 2 is 2.23 bits per heavy atom. The fourth-order valence-electron chi connectivity index (χ4n) is 2.17. The standard InChI is InChI=1S/C20H26N4OS/c1-4-6-7-8-16(5-2)13-22-20(25)24-15-23-19-10-9-17(12-21)11-18(19)14-26-3/h4,6-11,15-16H,5,13-14H2,1-3H3,(H2,22,23,24,25)/b6-4-,8-7-. The highest BCUT2D eigenvalue weighted by atomic mass is 32.2. The van der Waals surface area contributed by atoms with E-state index in [1.54, 1.807) is 23.9 Å². The highest BCUT2D eigenvalue weighted by molar-refractivity contribution is 7.97. The van der Waals surface area contributed by atoms with E-state index in [1.165, 1.54) is 6.34 Å². The van der Waals surface area contributed by atoms with Crippen molar-refractivity contribution in [3.63, 3.8) is 0 Å². The van der Waals surface area contributed by atoms with Gasteiger partial charge in [-0.25, -0.2) is 9.79 Å². The molecule has 0 aliphatic heterocycles. The van der Waals surface area contributed by atoms with Crippen LogP contribution in [0.3, 0.4) is 0 Å². The molecule has 0 spiro atoms. The maximum absolute atomic E-state index is 11.9. The average Bonchev–Trinajstić information content (AvgIpc) is 2.65. The topological polar surface area (TPSA) is 77.3 Å². The highest BCUT2D eigenvalue weighted by Gasteiger charge is 2.05. The maximum atomic E-state index is 11.9. The van der Waals surface area contributed by atoms with Crippen LogP contribution in [-0.4, -0.2) is 25.2 Å². The van der Waals surface area contributed by atoms with Crippen molar-refractivity contribution in [1.29, 1.82) is 5.26 Å². The number of thioether (sulfide) groups is 1. The minimum atomic E-state index is -0.285. The maximum Gasteiger partial charge on any atom is 0.319 e. The summed E-state index contributed by atoms with van der Waals surface area (Å²) in [6.45, 7) is 4.62. The second-order valence-corrected chi connectivity index (χ2v) is 6.45. The molecule has 1 atom stereocenters. The molecule has 0 saturated carbocycles. The number of hydrogen-bond acceptors (Lipinski definition) is 4. The van der Waals surface area contributed by atoms with Crippen molar-refractivity contribution in [2.45, 2.75) is 26.0 Å². The van der Waals surface area contributed by atoms with E-state index in [9.17, 15) is 4.79 Å². The number of nitrogens with zero attached hydrogens (tertiary/aromatic N) is 2. The number of benzene rings is 1. The van der Waals surface area contributed by atoms with E-state index in [0.717, 1.165) is 23.4 Å². The van der Waals surface area contributed by atoms with Crippen molar-refractivity contribution in [2.24, 2.45) is 10.9 Å². The lowest BCUT2D eigenvalue weighted by Crippen LogP contribution is -2.37. The Balaban J connectivity index is 2.57. The molecule has 0 aliphatic carbocycles. The molecular weight excluding hydrogens is 344 g/mol. The number of allylic oxidation sites excluding steroid dienone is 3. The molecule has 5 nitrogen and oxygen atoms in total. The van der Waals surface area contributed by atoms with Gasteiger partial charge in [0.15, 0.2) is 0 Å². The van der Waals surface area contributed by atoms with Gasteiger partial charge in [-0.1, -0.05) is 31.2 Å². The number of aliphatic imine (C=N–C) groups is 1. The largest absolute Gasteiger partial charge is 0.337 e. The van der Waals surface area contributed by atoms with Crippen LogP contribution in [0.1, 0.15) is 31.4 Å². The first kappa shape index (κ1) is 21.5. The van der Waals surface area contributed by atoms with Gasteiger partial charge in [0.05, 0.1) is 23.7 Å². The van der Waals surface area contributed by atoms with Crippen LogP contribution in [0, 0.1) is 17.2 Å². The van der Waals surface area contributed by atoms with Crippen LogP contribution < -0.4 is 10.6 Å². The lowest BCUT2D eigenvalue weighted by atomic mass is 10.1. The highest BCUT2D eigenvalue weighted by Crippen LogP contribution is 2.23. The van der Waals surface area contributed by atoms with Crippen molar-refractivity contribution in [3.05, 3.63) is 53.6 Å². The summed E-state index contributed by atoms with van der Waals surface area (Å²) in [5, 5.41) is 14.5. The van der Waals surface area contributed by atoms with E-state index in [2.05, 4.69) is 34.7 Å². The number of nitriles is 1. The first-order valence-electron chi connectivity index (χ1n) is 8.52. The molecule has 138 valence electrons. The Morgan fingerprint density at radius 1 is 1.42 bits per heavy atom. The molecule has 2 N–H and O–H groups in total. The Morgan fingerprint density at radius 3 is 2.88 bits per heavy atom. The molecule has 2 amide bonds. The van der Waals surface area contributed by atoms with E-state index < -0.39 is 0 Å². The fourth-order valence-corrected chi connectivity index (χ4v) is 2.71. The number of hydrogen-bond donors (Lipinski definition) is 2. The summed E-state index contributed by atoms with van der Waals surface area (Å²) < 4.78 is 0. The lowest BCUT2D eigenvalue weighted by molar-refractivity contribution is 0.244. The van der Waals surface area contributed by atoms with E-state index in [0.29, 0.717) is 18.0 Å². The van der Waals surface area contributed by atoms with Gasteiger partial charge in [-0.05, 0) is 49.3 Å². The Bertz CT molecular complexity index is 704. The molecule has 1 rings (SSSR count). The smallest absolute Gasteiger partial charge is 0.319 e. The quantitative estimate of drug-likeness (QED) is 0.381. The number of nitrogens with one attached hydrogen (secondary N) is 2. The summed E-state index contributed by atoms with van der Waals surface area (Å²) in [6.07, 6.45) is 12.3. The molecule has 0 saturated heterocycles. The summed E-state index contributed by atoms with van der Waals surface area (Å²) in [5.41, 5.74) is 2.32. The molecule has 0 aliphatic rings. The van der Waals surface area contributed by atoms with Crippen LogP contribution in [0.4, 0.5) is 10.5 Å². The second kappa shape index (κ2) is 12.8. The first-order chi connectivity index (χ1) is 12.6. The van der Waals surface area contributed by atoms with Gasteiger partial charge in [0.2, 0.25) is 0 Å². The fraction of sp³-hybridized carbons (Fsp3) is 0.350. The van der Waals surface area contributed by atoms with Crippen LogP contribution in [0.25, 0.3) is 0 Å². The summed E-state index contributed by atoms with van der Waals surface area (Å²) in [5.74, 6) is 1.05. The van der Waals surface area contributed by atoms with Gasteiger partial charge in [0.25, 0.3) is 0 Å². The third kappa shape index (κ3) is 8.04. The summed E-state index contributed by atoms with van der Waals surface area (Å²) in [7, 11) is 0. The number of carbonyl (C=O) groups excluding carboxylic acids is 1. The molecule has 0 aromatic heterocycles. The van der Waals surface area contributed by atoms with E-state index in [-0.39, 0.29) is 6.03 Å². The zero-order chi connectivity index (χ0) is 19.2. The van der Waals surface area contributed by atoms with Crippen LogP contribution in [0.2, 0.25) is 0 Å². The predicted molar refractivity (Wildman–Crippen MR) is 111 cm³/mol. The monoisotopic (exact) mass is 370 g/mol. The molecule has 0 heterocycles. The third-order valence-electron chi connectivity index (χ3n) is 3.64. The van der Waals surface area contributed by atoms with E-state index in [1.807, 2.05) is 37.5 Å². The summed E-state index contributed by atoms with van der Waals surface area (Å²) in [6, 6.07) is 7.18. The lowest BCUT2D eigenvalue weighted by Gasteiger charge is -2.11. The van der Waals surface area contributed by atoms with E-state index in [4.69, 9.17) is 5.26 Å². The number of carbonyl (C=O) groups is 1. The van der Waals surface area contributed by atoms with Crippen LogP contribution in [0.5, 0.6) is 0 Å². The molecule has 1 aromatic rings. The van der Waals surface area contributed by atoms with Gasteiger partial charge < -0.3 is 5.32 Å². The van der Waals surface area contributed by atoms with Crippen molar-refractivity contribution >= 4 is 29.8 Å². The van der Waals surface area contributed by atoms with Gasteiger partial charge in [0.1, 0.15) is 0 Å². The molecule has 0 fully saturated rings. The summed E-state index contributed by atoms with van der Waals surface area (Å²) in [4.78, 5) is 16.2. The molecule has 0 bridgehead atoms. The van der Waals surface area contributed by atoms with Gasteiger partial charge in [0, 0.05) is 12.3 Å². The minimum absolute atomic E-state index is 0.285. The normalized spacial score (nSPS) is 12.5. The third-order valence-corrected chi connectivity index (χ3v) is 4.24. The van der Waals surface area contributed by atoms with Gasteiger partial charge in [-0.3, -0.25) is 5.32 Å². The Hall–Kier alpha value is -2.52. The van der Waals surface area contributed by atoms with Crippen LogP contribution in [0.15, 0.2) is 47.5 Å². The second-order valence-electron chi connectivity index (χ2n) is 5.58. The van der Waals surface area contributed by atoms with Crippen molar-refractivity contribution in [2.75, 3.05) is 12.8 Å². The minimum Gasteiger partial charge on any atom is -0.337 e. The van der Waals surface area contributed by atoms with Crippen molar-refractivity contribution in [1.82, 2.24) is 10.6 Å². The van der Waals surface area contributed by atoms with Crippen molar-refractivity contribution in [3.8, 4) is 6.07 Å². The SMILES string of the molecule is C/C=C\C=C/C(CC)CNC(=O)NC=Nc1ccc(C#N)cc1CSC.